The van der Waals surface area contributed by atoms with E-state index in [1.165, 1.54) is 5.56 Å². The van der Waals surface area contributed by atoms with Crippen molar-refractivity contribution < 1.29 is 0 Å². The van der Waals surface area contributed by atoms with Crippen molar-refractivity contribution >= 4 is 44.5 Å². The van der Waals surface area contributed by atoms with Gasteiger partial charge in [0, 0.05) is 0 Å². The molecular weight excluding hydrogens is 372 g/mol. The molecule has 16 heavy (non-hydrogen) atoms. The molecule has 2 nitrogen and oxygen atoms in total. The first-order chi connectivity index (χ1) is 6.06. The van der Waals surface area contributed by atoms with Gasteiger partial charge in [-0.05, 0) is 0 Å². The van der Waals surface area contributed by atoms with Crippen molar-refractivity contribution in [3.05, 3.63) is 39.6 Å². The van der Waals surface area contributed by atoms with Gasteiger partial charge in [0.05, 0.1) is 0 Å². The minimum absolute atomic E-state index is 0. The van der Waals surface area contributed by atoms with Crippen molar-refractivity contribution in [2.45, 2.75) is 35.6 Å². The van der Waals surface area contributed by atoms with Gasteiger partial charge < -0.3 is 0 Å². The molecule has 1 aromatic carbocycles. The van der Waals surface area contributed by atoms with Crippen LogP contribution in [-0.2, 0) is 0 Å². The number of benzene rings is 1. The van der Waals surface area contributed by atoms with Crippen molar-refractivity contribution in [1.29, 1.82) is 0 Å². The molecular formula is C12H19NOSeSn. The summed E-state index contributed by atoms with van der Waals surface area (Å²) in [4.78, 5) is 0. The predicted octanol–water partition coefficient (Wildman–Crippen LogP) is 2.92. The fourth-order valence-electron chi connectivity index (χ4n) is 1.56. The van der Waals surface area contributed by atoms with Crippen molar-refractivity contribution in [3.63, 3.8) is 0 Å². The zero-order chi connectivity index (χ0) is 10.0. The Morgan fingerprint density at radius 2 is 1.50 bits per heavy atom. The Morgan fingerprint density at radius 1 is 1.12 bits per heavy atom. The number of hydrogen-bond donors (Lipinski definition) is 0. The third kappa shape index (κ3) is 4.89. The first kappa shape index (κ1) is 21.3. The molecule has 0 aliphatic heterocycles. The summed E-state index contributed by atoms with van der Waals surface area (Å²) in [5.41, 5.74) is 4.31. The van der Waals surface area contributed by atoms with Gasteiger partial charge in [-0.3, -0.25) is 0 Å². The van der Waals surface area contributed by atoms with E-state index in [1.54, 1.807) is 0 Å². The SMILES string of the molecule is C.C.Cc1cc(C)c(C([Se-])=N[O-])c(C)c1.[Sn+2]. The van der Waals surface area contributed by atoms with Crippen molar-refractivity contribution in [2.24, 2.45) is 5.16 Å². The Kier molecular flexibility index (Phi) is 12.1. The Balaban J connectivity index is -0.000000563. The van der Waals surface area contributed by atoms with E-state index < -0.39 is 0 Å². The molecule has 0 aromatic heterocycles. The van der Waals surface area contributed by atoms with E-state index in [0.29, 0.717) is 4.61 Å². The third-order valence-electron chi connectivity index (χ3n) is 1.97. The molecule has 0 aliphatic carbocycles. The maximum atomic E-state index is 10.4. The summed E-state index contributed by atoms with van der Waals surface area (Å²) in [5, 5.41) is 13.3. The second-order valence-corrected chi connectivity index (χ2v) is 3.98. The van der Waals surface area contributed by atoms with Gasteiger partial charge in [0.25, 0.3) is 0 Å². The van der Waals surface area contributed by atoms with Crippen LogP contribution >= 0.6 is 0 Å². The van der Waals surface area contributed by atoms with Crippen LogP contribution < -0.4 is 0 Å². The molecule has 0 saturated heterocycles. The van der Waals surface area contributed by atoms with Crippen LogP contribution in [-0.4, -0.2) is 44.5 Å². The van der Waals surface area contributed by atoms with Gasteiger partial charge in [-0.25, -0.2) is 0 Å². The van der Waals surface area contributed by atoms with Gasteiger partial charge in [0.2, 0.25) is 0 Å². The molecule has 0 N–H and O–H groups in total. The van der Waals surface area contributed by atoms with E-state index in [2.05, 4.69) is 21.2 Å². The summed E-state index contributed by atoms with van der Waals surface area (Å²) < 4.78 is 0.440. The van der Waals surface area contributed by atoms with Gasteiger partial charge in [-0.2, -0.15) is 0 Å². The van der Waals surface area contributed by atoms with Gasteiger partial charge in [-0.15, -0.1) is 0 Å². The largest absolute Gasteiger partial charge is 2.00 e. The quantitative estimate of drug-likeness (QED) is 0.412. The molecule has 0 atom stereocenters. The number of nitrogens with zero attached hydrogens (tertiary/aromatic N) is 1. The minimum atomic E-state index is 0. The smallest absolute Gasteiger partial charge is 2.00 e. The van der Waals surface area contributed by atoms with Crippen LogP contribution in [0.1, 0.15) is 37.1 Å². The summed E-state index contributed by atoms with van der Waals surface area (Å²) in [6.07, 6.45) is 0. The molecule has 0 fully saturated rings. The molecule has 1 aromatic rings. The molecule has 4 heteroatoms. The van der Waals surface area contributed by atoms with E-state index in [4.69, 9.17) is 0 Å². The van der Waals surface area contributed by atoms with Crippen molar-refractivity contribution in [3.8, 4) is 0 Å². The number of aryl methyl sites for hydroxylation is 3. The van der Waals surface area contributed by atoms with Gasteiger partial charge >= 0.3 is 110 Å². The van der Waals surface area contributed by atoms with Gasteiger partial charge in [0.15, 0.2) is 0 Å². The Hall–Kier alpha value is 0.00818. The average Bonchev–Trinajstić information content (AvgIpc) is 2.02. The van der Waals surface area contributed by atoms with Crippen LogP contribution in [0, 0.1) is 26.0 Å². The fourth-order valence-corrected chi connectivity index (χ4v) is 2.24. The van der Waals surface area contributed by atoms with E-state index in [1.807, 2.05) is 32.9 Å². The molecule has 88 valence electrons. The van der Waals surface area contributed by atoms with Crippen LogP contribution in [0.5, 0.6) is 0 Å². The summed E-state index contributed by atoms with van der Waals surface area (Å²) in [6, 6.07) is 4.09. The Morgan fingerprint density at radius 3 is 1.81 bits per heavy atom. The second kappa shape index (κ2) is 9.08. The van der Waals surface area contributed by atoms with Crippen LogP contribution in [0.3, 0.4) is 0 Å². The molecule has 0 aliphatic rings. The molecule has 0 heterocycles. The molecule has 0 unspecified atom stereocenters. The second-order valence-electron chi connectivity index (χ2n) is 3.17. The molecule has 0 saturated carbocycles. The van der Waals surface area contributed by atoms with Crippen LogP contribution in [0.4, 0.5) is 0 Å². The summed E-state index contributed by atoms with van der Waals surface area (Å²) in [6.45, 7) is 6.01. The topological polar surface area (TPSA) is 35.4 Å². The maximum absolute atomic E-state index is 10.4. The zero-order valence-electron chi connectivity index (χ0n) is 8.42. The van der Waals surface area contributed by atoms with Crippen molar-refractivity contribution in [1.82, 2.24) is 0 Å². The average molecular weight is 391 g/mol. The van der Waals surface area contributed by atoms with E-state index >= 15 is 0 Å². The van der Waals surface area contributed by atoms with E-state index in [9.17, 15) is 5.21 Å². The normalized spacial score (nSPS) is 9.56. The molecule has 2 radical (unpaired) electrons. The van der Waals surface area contributed by atoms with Crippen LogP contribution in [0.2, 0.25) is 0 Å². The van der Waals surface area contributed by atoms with Crippen molar-refractivity contribution in [2.75, 3.05) is 0 Å². The van der Waals surface area contributed by atoms with Gasteiger partial charge in [-0.1, -0.05) is 14.9 Å². The van der Waals surface area contributed by atoms with E-state index in [-0.39, 0.29) is 38.8 Å². The molecule has 0 amide bonds. The predicted molar refractivity (Wildman–Crippen MR) is 75.5 cm³/mol. The summed E-state index contributed by atoms with van der Waals surface area (Å²) in [5.74, 6) is 0. The van der Waals surface area contributed by atoms with Crippen LogP contribution in [0.15, 0.2) is 17.3 Å². The Bertz CT molecular complexity index is 341. The zero-order valence-corrected chi connectivity index (χ0v) is 13.0. The summed E-state index contributed by atoms with van der Waals surface area (Å²) in [7, 11) is 0. The molecule has 0 bridgehead atoms. The van der Waals surface area contributed by atoms with Crippen LogP contribution in [0.25, 0.3) is 0 Å². The summed E-state index contributed by atoms with van der Waals surface area (Å²) >= 11 is 2.68. The first-order valence-electron chi connectivity index (χ1n) is 4.02. The minimum Gasteiger partial charge on any atom is 2.00 e. The molecule has 0 spiro atoms. The monoisotopic (exact) mass is 393 g/mol. The van der Waals surface area contributed by atoms with Gasteiger partial charge in [0.1, 0.15) is 0 Å². The standard InChI is InChI=1S/C10H13NOSe.2CH4.Sn/c1-6-4-7(2)9(8(3)5-6)10(13)11-12;;;/h4-5,12H,1-3H3,(H,11,13);2*1H4;/q;;;+2/p-2. The first-order valence-corrected chi connectivity index (χ1v) is 4.87. The number of hydrogen-bond acceptors (Lipinski definition) is 2. The Labute approximate surface area is 124 Å². The maximum Gasteiger partial charge on any atom is 2.00 e. The third-order valence-corrected chi connectivity index (χ3v) is 2.56. The van der Waals surface area contributed by atoms with E-state index in [0.717, 1.165) is 16.7 Å². The number of rotatable bonds is 1. The molecule has 1 rings (SSSR count). The fraction of sp³-hybridized carbons (Fsp3) is 0.417.